The predicted octanol–water partition coefficient (Wildman–Crippen LogP) is 3.81. The highest BCUT2D eigenvalue weighted by Crippen LogP contribution is 2.22. The molecule has 1 amide bonds. The number of nitrogens with zero attached hydrogens (tertiary/aromatic N) is 3. The van der Waals surface area contributed by atoms with Crippen molar-refractivity contribution in [1.82, 2.24) is 19.8 Å². The molecule has 8 heteroatoms. The van der Waals surface area contributed by atoms with Gasteiger partial charge in [-0.25, -0.2) is 4.98 Å². The molecule has 0 aliphatic rings. The van der Waals surface area contributed by atoms with Gasteiger partial charge in [0.1, 0.15) is 0 Å². The van der Waals surface area contributed by atoms with Crippen LogP contribution in [0.5, 0.6) is 0 Å². The first-order valence-corrected chi connectivity index (χ1v) is 11.4. The summed E-state index contributed by atoms with van der Waals surface area (Å²) < 4.78 is 2.32. The Morgan fingerprint density at radius 3 is 2.79 bits per heavy atom. The van der Waals surface area contributed by atoms with Gasteiger partial charge in [-0.05, 0) is 53.7 Å². The van der Waals surface area contributed by atoms with E-state index in [1.807, 2.05) is 6.07 Å². The van der Waals surface area contributed by atoms with Crippen LogP contribution >= 0.6 is 27.3 Å². The zero-order valence-corrected chi connectivity index (χ0v) is 19.0. The van der Waals surface area contributed by atoms with Gasteiger partial charge in [-0.2, -0.15) is 11.3 Å². The molecular weight excluding hydrogens is 452 g/mol. The molecule has 3 rings (SSSR count). The fraction of sp³-hybridized carbons (Fsp3) is 0.381. The topological polar surface area (TPSA) is 67.2 Å². The van der Waals surface area contributed by atoms with Crippen LogP contribution in [0.15, 0.2) is 50.6 Å². The van der Waals surface area contributed by atoms with Crippen molar-refractivity contribution in [2.24, 2.45) is 0 Å². The maximum atomic E-state index is 12.6. The van der Waals surface area contributed by atoms with Crippen molar-refractivity contribution in [2.75, 3.05) is 19.6 Å². The minimum absolute atomic E-state index is 0.0707. The van der Waals surface area contributed by atoms with Crippen LogP contribution in [0.25, 0.3) is 10.9 Å². The normalized spacial score (nSPS) is 12.4. The Bertz CT molecular complexity index is 1020. The molecule has 1 unspecified atom stereocenters. The molecule has 0 fully saturated rings. The molecule has 0 saturated heterocycles. The number of rotatable bonds is 9. The lowest BCUT2D eigenvalue weighted by Gasteiger charge is -2.29. The molecule has 3 aromatic rings. The molecule has 29 heavy (non-hydrogen) atoms. The standard InChI is InChI=1S/C21H25BrN4O2S/c1-3-25(4-2)19(15-8-10-29-13-15)12-23-20(27)7-9-26-14-24-18-6-5-16(22)11-17(18)21(26)28/h5-6,8,10-11,13-14,19H,3-4,7,9,12H2,1-2H3,(H,23,27). The van der Waals surface area contributed by atoms with Crippen molar-refractivity contribution in [3.05, 3.63) is 61.7 Å². The summed E-state index contributed by atoms with van der Waals surface area (Å²) in [6.45, 7) is 6.94. The number of hydrogen-bond donors (Lipinski definition) is 1. The number of halogens is 1. The number of hydrogen-bond acceptors (Lipinski definition) is 5. The zero-order valence-electron chi connectivity index (χ0n) is 16.6. The van der Waals surface area contributed by atoms with Gasteiger partial charge in [-0.3, -0.25) is 19.1 Å². The molecule has 0 aliphatic heterocycles. The van der Waals surface area contributed by atoms with Gasteiger partial charge in [0.05, 0.1) is 23.3 Å². The summed E-state index contributed by atoms with van der Waals surface area (Å²) in [5, 5.41) is 7.77. The van der Waals surface area contributed by atoms with Crippen LogP contribution in [-0.4, -0.2) is 40.0 Å². The van der Waals surface area contributed by atoms with Gasteiger partial charge >= 0.3 is 0 Å². The van der Waals surface area contributed by atoms with Crippen molar-refractivity contribution in [3.8, 4) is 0 Å². The second kappa shape index (κ2) is 10.1. The molecule has 0 bridgehead atoms. The Kier molecular flexibility index (Phi) is 7.57. The molecule has 2 aromatic heterocycles. The fourth-order valence-electron chi connectivity index (χ4n) is 3.40. The highest BCUT2D eigenvalue weighted by Gasteiger charge is 2.19. The number of aromatic nitrogens is 2. The van der Waals surface area contributed by atoms with Gasteiger partial charge in [-0.1, -0.05) is 29.8 Å². The van der Waals surface area contributed by atoms with Gasteiger partial charge in [-0.15, -0.1) is 0 Å². The lowest BCUT2D eigenvalue weighted by atomic mass is 10.1. The summed E-state index contributed by atoms with van der Waals surface area (Å²) in [4.78, 5) is 31.7. The largest absolute Gasteiger partial charge is 0.354 e. The lowest BCUT2D eigenvalue weighted by molar-refractivity contribution is -0.121. The van der Waals surface area contributed by atoms with Crippen molar-refractivity contribution in [3.63, 3.8) is 0 Å². The maximum absolute atomic E-state index is 12.6. The summed E-state index contributed by atoms with van der Waals surface area (Å²) in [5.41, 5.74) is 1.74. The van der Waals surface area contributed by atoms with E-state index in [0.29, 0.717) is 24.0 Å². The Hall–Kier alpha value is -2.03. The van der Waals surface area contributed by atoms with E-state index in [2.05, 4.69) is 61.8 Å². The number of thiophene rings is 1. The van der Waals surface area contributed by atoms with Crippen LogP contribution in [0.2, 0.25) is 0 Å². The SMILES string of the molecule is CCN(CC)C(CNC(=O)CCn1cnc2ccc(Br)cc2c1=O)c1ccsc1. The van der Waals surface area contributed by atoms with Crippen LogP contribution in [0.1, 0.15) is 31.9 Å². The number of aryl methyl sites for hydroxylation is 1. The van der Waals surface area contributed by atoms with Crippen molar-refractivity contribution < 1.29 is 4.79 Å². The molecule has 0 saturated carbocycles. The first-order chi connectivity index (χ1) is 14.0. The maximum Gasteiger partial charge on any atom is 0.261 e. The lowest BCUT2D eigenvalue weighted by Crippen LogP contribution is -2.38. The summed E-state index contributed by atoms with van der Waals surface area (Å²) in [7, 11) is 0. The summed E-state index contributed by atoms with van der Waals surface area (Å²) in [6, 6.07) is 7.68. The van der Waals surface area contributed by atoms with Crippen molar-refractivity contribution >= 4 is 44.1 Å². The van der Waals surface area contributed by atoms with Gasteiger partial charge < -0.3 is 5.32 Å². The number of carbonyl (C=O) groups is 1. The summed E-state index contributed by atoms with van der Waals surface area (Å²) >= 11 is 5.05. The third-order valence-electron chi connectivity index (χ3n) is 5.04. The average Bonchev–Trinajstić information content (AvgIpc) is 3.25. The number of nitrogens with one attached hydrogen (secondary N) is 1. The van der Waals surface area contributed by atoms with Crippen LogP contribution in [0, 0.1) is 0 Å². The summed E-state index contributed by atoms with van der Waals surface area (Å²) in [6.07, 6.45) is 1.74. The number of amides is 1. The molecule has 1 aromatic carbocycles. The molecule has 0 spiro atoms. The molecular formula is C21H25BrN4O2S. The first kappa shape index (κ1) is 21.7. The first-order valence-electron chi connectivity index (χ1n) is 9.71. The predicted molar refractivity (Wildman–Crippen MR) is 121 cm³/mol. The molecule has 1 atom stereocenters. The Labute approximate surface area is 182 Å². The van der Waals surface area contributed by atoms with Crippen molar-refractivity contribution in [2.45, 2.75) is 32.9 Å². The second-order valence-corrected chi connectivity index (χ2v) is 8.45. The van der Waals surface area contributed by atoms with E-state index in [4.69, 9.17) is 0 Å². The van der Waals surface area contributed by atoms with Gasteiger partial charge in [0, 0.05) is 24.0 Å². The second-order valence-electron chi connectivity index (χ2n) is 6.75. The molecule has 2 heterocycles. The van der Waals surface area contributed by atoms with E-state index in [0.717, 1.165) is 17.6 Å². The third kappa shape index (κ3) is 5.32. The van der Waals surface area contributed by atoms with E-state index < -0.39 is 0 Å². The minimum atomic E-state index is -0.136. The van der Waals surface area contributed by atoms with E-state index >= 15 is 0 Å². The molecule has 1 N–H and O–H groups in total. The third-order valence-corrected chi connectivity index (χ3v) is 6.23. The van der Waals surface area contributed by atoms with Gasteiger partial charge in [0.15, 0.2) is 0 Å². The number of benzene rings is 1. The number of likely N-dealkylation sites (N-methyl/N-ethyl adjacent to an activating group) is 1. The van der Waals surface area contributed by atoms with Gasteiger partial charge in [0.25, 0.3) is 5.56 Å². The van der Waals surface area contributed by atoms with Crippen LogP contribution in [0.3, 0.4) is 0 Å². The van der Waals surface area contributed by atoms with E-state index in [9.17, 15) is 9.59 Å². The number of fused-ring (bicyclic) bond motifs is 1. The number of carbonyl (C=O) groups excluding carboxylic acids is 1. The Balaban J connectivity index is 1.63. The smallest absolute Gasteiger partial charge is 0.261 e. The fourth-order valence-corrected chi connectivity index (χ4v) is 4.47. The van der Waals surface area contributed by atoms with Crippen molar-refractivity contribution in [1.29, 1.82) is 0 Å². The quantitative estimate of drug-likeness (QED) is 0.509. The van der Waals surface area contributed by atoms with E-state index in [1.165, 1.54) is 16.5 Å². The van der Waals surface area contributed by atoms with Gasteiger partial charge in [0.2, 0.25) is 5.91 Å². The average molecular weight is 477 g/mol. The molecule has 0 radical (unpaired) electrons. The monoisotopic (exact) mass is 476 g/mol. The Morgan fingerprint density at radius 2 is 2.10 bits per heavy atom. The van der Waals surface area contributed by atoms with Crippen LogP contribution in [-0.2, 0) is 11.3 Å². The van der Waals surface area contributed by atoms with E-state index in [-0.39, 0.29) is 23.9 Å². The molecule has 154 valence electrons. The minimum Gasteiger partial charge on any atom is -0.354 e. The highest BCUT2D eigenvalue weighted by atomic mass is 79.9. The zero-order chi connectivity index (χ0) is 20.8. The van der Waals surface area contributed by atoms with E-state index in [1.54, 1.807) is 23.5 Å². The highest BCUT2D eigenvalue weighted by molar-refractivity contribution is 9.10. The molecule has 0 aliphatic carbocycles. The Morgan fingerprint density at radius 1 is 1.31 bits per heavy atom. The van der Waals surface area contributed by atoms with Crippen LogP contribution < -0.4 is 10.9 Å². The molecule has 6 nitrogen and oxygen atoms in total. The summed E-state index contributed by atoms with van der Waals surface area (Å²) in [5.74, 6) is -0.0707. The van der Waals surface area contributed by atoms with Crippen LogP contribution in [0.4, 0.5) is 0 Å².